The summed E-state index contributed by atoms with van der Waals surface area (Å²) >= 11 is 0. The van der Waals surface area contributed by atoms with Gasteiger partial charge in [-0.2, -0.15) is 0 Å². The number of hydrogen-bond acceptors (Lipinski definition) is 2. The molecule has 0 saturated heterocycles. The van der Waals surface area contributed by atoms with Crippen LogP contribution in [0.3, 0.4) is 0 Å². The molecule has 1 atom stereocenters. The first-order chi connectivity index (χ1) is 9.63. The molecule has 0 heterocycles. The van der Waals surface area contributed by atoms with Gasteiger partial charge in [-0.15, -0.1) is 0 Å². The third-order valence-electron chi connectivity index (χ3n) is 3.48. The largest absolute Gasteiger partial charge is 0.497 e. The zero-order valence-electron chi connectivity index (χ0n) is 12.2. The van der Waals surface area contributed by atoms with Crippen molar-refractivity contribution in [3.63, 3.8) is 0 Å². The first-order valence-electron chi connectivity index (χ1n) is 6.86. The van der Waals surface area contributed by atoms with Crippen LogP contribution in [0.1, 0.15) is 35.7 Å². The summed E-state index contributed by atoms with van der Waals surface area (Å²) in [7, 11) is 1.62. The van der Waals surface area contributed by atoms with Crippen molar-refractivity contribution in [2.75, 3.05) is 7.11 Å². The molecule has 2 aromatic rings. The van der Waals surface area contributed by atoms with Crippen LogP contribution in [-0.2, 0) is 0 Å². The maximum absolute atomic E-state index is 12.7. The summed E-state index contributed by atoms with van der Waals surface area (Å²) in [5.41, 5.74) is 1.80. The SMILES string of the molecule is COc1ccc(C(=O)C(c2ccccc2)C(C)C)cc1. The van der Waals surface area contributed by atoms with Gasteiger partial charge in [0.1, 0.15) is 5.75 Å². The Hall–Kier alpha value is -2.09. The van der Waals surface area contributed by atoms with Crippen molar-refractivity contribution in [2.24, 2.45) is 5.92 Å². The molecule has 0 amide bonds. The van der Waals surface area contributed by atoms with Gasteiger partial charge in [-0.3, -0.25) is 4.79 Å². The highest BCUT2D eigenvalue weighted by Gasteiger charge is 2.24. The Kier molecular flexibility index (Phi) is 4.57. The number of ether oxygens (including phenoxy) is 1. The van der Waals surface area contributed by atoms with Crippen LogP contribution in [0.4, 0.5) is 0 Å². The number of methoxy groups -OCH3 is 1. The van der Waals surface area contributed by atoms with Gasteiger partial charge in [0.15, 0.2) is 5.78 Å². The first-order valence-corrected chi connectivity index (χ1v) is 6.86. The van der Waals surface area contributed by atoms with E-state index in [0.29, 0.717) is 0 Å². The fourth-order valence-electron chi connectivity index (χ4n) is 2.43. The molecule has 0 bridgehead atoms. The van der Waals surface area contributed by atoms with Crippen LogP contribution in [0.2, 0.25) is 0 Å². The lowest BCUT2D eigenvalue weighted by atomic mass is 9.82. The van der Waals surface area contributed by atoms with E-state index in [1.807, 2.05) is 54.6 Å². The van der Waals surface area contributed by atoms with Crippen molar-refractivity contribution >= 4 is 5.78 Å². The lowest BCUT2D eigenvalue weighted by molar-refractivity contribution is 0.0938. The van der Waals surface area contributed by atoms with Gasteiger partial charge in [0.2, 0.25) is 0 Å². The second kappa shape index (κ2) is 6.38. The molecule has 0 aliphatic heterocycles. The predicted molar refractivity (Wildman–Crippen MR) is 81.3 cm³/mol. The summed E-state index contributed by atoms with van der Waals surface area (Å²) in [6.07, 6.45) is 0. The maximum Gasteiger partial charge on any atom is 0.170 e. The van der Waals surface area contributed by atoms with Crippen molar-refractivity contribution in [1.82, 2.24) is 0 Å². The van der Waals surface area contributed by atoms with E-state index in [0.717, 1.165) is 16.9 Å². The lowest BCUT2D eigenvalue weighted by Crippen LogP contribution is -2.18. The zero-order chi connectivity index (χ0) is 14.5. The van der Waals surface area contributed by atoms with Crippen LogP contribution in [0, 0.1) is 5.92 Å². The molecular formula is C18H20O2. The van der Waals surface area contributed by atoms with E-state index in [1.165, 1.54) is 0 Å². The first kappa shape index (κ1) is 14.3. The predicted octanol–water partition coefficient (Wildman–Crippen LogP) is 4.32. The quantitative estimate of drug-likeness (QED) is 0.755. The van der Waals surface area contributed by atoms with Crippen molar-refractivity contribution in [1.29, 1.82) is 0 Å². The monoisotopic (exact) mass is 268 g/mol. The van der Waals surface area contributed by atoms with Crippen molar-refractivity contribution in [3.8, 4) is 5.75 Å². The summed E-state index contributed by atoms with van der Waals surface area (Å²) in [5.74, 6) is 1.08. The van der Waals surface area contributed by atoms with Crippen molar-refractivity contribution in [2.45, 2.75) is 19.8 Å². The Morgan fingerprint density at radius 1 is 0.950 bits per heavy atom. The molecule has 0 aromatic heterocycles. The van der Waals surface area contributed by atoms with Crippen LogP contribution in [0.25, 0.3) is 0 Å². The van der Waals surface area contributed by atoms with E-state index < -0.39 is 0 Å². The fraction of sp³-hybridized carbons (Fsp3) is 0.278. The average Bonchev–Trinajstić information content (AvgIpc) is 2.48. The molecule has 0 aliphatic rings. The molecule has 0 N–H and O–H groups in total. The molecule has 0 spiro atoms. The Balaban J connectivity index is 2.32. The Bertz CT molecular complexity index is 556. The van der Waals surface area contributed by atoms with Gasteiger partial charge in [0.05, 0.1) is 7.11 Å². The smallest absolute Gasteiger partial charge is 0.170 e. The Morgan fingerprint density at radius 2 is 1.55 bits per heavy atom. The van der Waals surface area contributed by atoms with Gasteiger partial charge in [0, 0.05) is 11.5 Å². The van der Waals surface area contributed by atoms with Crippen LogP contribution in [0.15, 0.2) is 54.6 Å². The number of benzene rings is 2. The molecule has 0 saturated carbocycles. The van der Waals surface area contributed by atoms with Crippen LogP contribution < -0.4 is 4.74 Å². The second-order valence-corrected chi connectivity index (χ2v) is 5.23. The van der Waals surface area contributed by atoms with Gasteiger partial charge in [-0.25, -0.2) is 0 Å². The van der Waals surface area contributed by atoms with Crippen LogP contribution in [-0.4, -0.2) is 12.9 Å². The summed E-state index contributed by atoms with van der Waals surface area (Å²) in [6, 6.07) is 17.3. The number of rotatable bonds is 5. The van der Waals surface area contributed by atoms with E-state index in [9.17, 15) is 4.79 Å². The van der Waals surface area contributed by atoms with Crippen molar-refractivity contribution in [3.05, 3.63) is 65.7 Å². The van der Waals surface area contributed by atoms with Gasteiger partial charge in [0.25, 0.3) is 0 Å². The minimum atomic E-state index is -0.107. The van der Waals surface area contributed by atoms with Crippen LogP contribution >= 0.6 is 0 Å². The topological polar surface area (TPSA) is 26.3 Å². The fourth-order valence-corrected chi connectivity index (χ4v) is 2.43. The lowest BCUT2D eigenvalue weighted by Gasteiger charge is -2.20. The van der Waals surface area contributed by atoms with Crippen molar-refractivity contribution < 1.29 is 9.53 Å². The highest BCUT2D eigenvalue weighted by atomic mass is 16.5. The minimum Gasteiger partial charge on any atom is -0.497 e. The molecule has 2 heteroatoms. The average molecular weight is 268 g/mol. The minimum absolute atomic E-state index is 0.107. The third-order valence-corrected chi connectivity index (χ3v) is 3.48. The van der Waals surface area contributed by atoms with E-state index in [-0.39, 0.29) is 17.6 Å². The molecule has 0 radical (unpaired) electrons. The molecule has 2 aromatic carbocycles. The highest BCUT2D eigenvalue weighted by Crippen LogP contribution is 2.28. The van der Waals surface area contributed by atoms with E-state index >= 15 is 0 Å². The number of Topliss-reactive ketones (excluding diaryl/α,β-unsaturated/α-hetero) is 1. The number of carbonyl (C=O) groups excluding carboxylic acids is 1. The molecule has 0 fully saturated rings. The molecule has 104 valence electrons. The summed E-state index contributed by atoms with van der Waals surface area (Å²) in [5, 5.41) is 0. The molecule has 1 unspecified atom stereocenters. The van der Waals surface area contributed by atoms with E-state index in [4.69, 9.17) is 4.74 Å². The van der Waals surface area contributed by atoms with E-state index in [2.05, 4.69) is 13.8 Å². The molecular weight excluding hydrogens is 248 g/mol. The highest BCUT2D eigenvalue weighted by molar-refractivity contribution is 6.01. The summed E-state index contributed by atoms with van der Waals surface area (Å²) in [6.45, 7) is 4.16. The Morgan fingerprint density at radius 3 is 2.05 bits per heavy atom. The standard InChI is InChI=1S/C18H20O2/c1-13(2)17(14-7-5-4-6-8-14)18(19)15-9-11-16(20-3)12-10-15/h4-13,17H,1-3H3. The van der Waals surface area contributed by atoms with Gasteiger partial charge in [-0.05, 0) is 35.7 Å². The van der Waals surface area contributed by atoms with Crippen LogP contribution in [0.5, 0.6) is 5.75 Å². The number of carbonyl (C=O) groups is 1. The normalized spacial score (nSPS) is 12.2. The molecule has 2 nitrogen and oxygen atoms in total. The molecule has 2 rings (SSSR count). The summed E-state index contributed by atoms with van der Waals surface area (Å²) < 4.78 is 5.13. The zero-order valence-corrected chi connectivity index (χ0v) is 12.2. The number of ketones is 1. The summed E-state index contributed by atoms with van der Waals surface area (Å²) in [4.78, 5) is 12.7. The third kappa shape index (κ3) is 3.08. The number of hydrogen-bond donors (Lipinski definition) is 0. The van der Waals surface area contributed by atoms with Gasteiger partial charge in [-0.1, -0.05) is 44.2 Å². The maximum atomic E-state index is 12.7. The van der Waals surface area contributed by atoms with E-state index in [1.54, 1.807) is 7.11 Å². The van der Waals surface area contributed by atoms with Gasteiger partial charge < -0.3 is 4.74 Å². The molecule has 0 aliphatic carbocycles. The second-order valence-electron chi connectivity index (χ2n) is 5.23. The van der Waals surface area contributed by atoms with Gasteiger partial charge >= 0.3 is 0 Å². The molecule has 20 heavy (non-hydrogen) atoms. The Labute approximate surface area is 120 Å².